The summed E-state index contributed by atoms with van der Waals surface area (Å²) in [6.07, 6.45) is 0.576. The van der Waals surface area contributed by atoms with Crippen LogP contribution in [0.25, 0.3) is 0 Å². The number of para-hydroxylation sites is 1. The van der Waals surface area contributed by atoms with Gasteiger partial charge >= 0.3 is 0 Å². The molecule has 140 valence electrons. The van der Waals surface area contributed by atoms with Gasteiger partial charge in [-0.05, 0) is 29.7 Å². The average Bonchev–Trinajstić information content (AvgIpc) is 3.02. The predicted molar refractivity (Wildman–Crippen MR) is 99.1 cm³/mol. The number of anilines is 1. The molecule has 27 heavy (non-hydrogen) atoms. The van der Waals surface area contributed by atoms with Gasteiger partial charge in [0, 0.05) is 5.69 Å². The number of hydrogen-bond donors (Lipinski definition) is 1. The molecule has 0 fully saturated rings. The van der Waals surface area contributed by atoms with Crippen LogP contribution in [0.15, 0.2) is 48.5 Å². The average molecular weight is 365 g/mol. The van der Waals surface area contributed by atoms with E-state index in [1.54, 1.807) is 30.0 Å². The van der Waals surface area contributed by atoms with Crippen LogP contribution in [0, 0.1) is 5.92 Å². The van der Waals surface area contributed by atoms with Crippen molar-refractivity contribution in [3.8, 4) is 0 Å². The molecule has 1 N–H and O–H groups in total. The predicted octanol–water partition coefficient (Wildman–Crippen LogP) is 1.74. The van der Waals surface area contributed by atoms with E-state index in [9.17, 15) is 19.5 Å². The number of nitrogens with zero attached hydrogens (tertiary/aromatic N) is 1. The topological polar surface area (TPSA) is 89.5 Å². The standard InChI is InChI=1S/C21H22N2O4/c1-3-13(2)18(21(26)27)22-19(24)16-11-7-8-14-12-23(20(25)17(14)16)15-9-5-4-6-10-15/h4-11,13,18H,3,12H2,1-2H3,(H,22,24)(H,26,27)/p-1/t13-,18+/m1/s1. The van der Waals surface area contributed by atoms with Gasteiger partial charge in [-0.1, -0.05) is 50.6 Å². The molecule has 3 rings (SSSR count). The van der Waals surface area contributed by atoms with Crippen LogP contribution in [0.2, 0.25) is 0 Å². The van der Waals surface area contributed by atoms with E-state index in [1.807, 2.05) is 37.3 Å². The third kappa shape index (κ3) is 3.56. The number of carboxylic acids is 1. The fourth-order valence-electron chi connectivity index (χ4n) is 3.26. The van der Waals surface area contributed by atoms with Crippen molar-refractivity contribution in [2.24, 2.45) is 5.92 Å². The molecule has 0 saturated heterocycles. The molecule has 0 aliphatic carbocycles. The van der Waals surface area contributed by atoms with Gasteiger partial charge in [0.1, 0.15) is 0 Å². The molecule has 2 amide bonds. The molecule has 0 unspecified atom stereocenters. The highest BCUT2D eigenvalue weighted by molar-refractivity contribution is 6.16. The zero-order valence-corrected chi connectivity index (χ0v) is 15.3. The Bertz CT molecular complexity index is 879. The van der Waals surface area contributed by atoms with Crippen LogP contribution in [-0.4, -0.2) is 23.8 Å². The first kappa shape index (κ1) is 18.6. The summed E-state index contributed by atoms with van der Waals surface area (Å²) in [7, 11) is 0. The number of amides is 2. The molecular weight excluding hydrogens is 344 g/mol. The molecule has 1 aliphatic heterocycles. The molecule has 1 aliphatic rings. The first-order chi connectivity index (χ1) is 12.9. The second-order valence-electron chi connectivity index (χ2n) is 6.72. The minimum Gasteiger partial charge on any atom is -0.548 e. The lowest BCUT2D eigenvalue weighted by molar-refractivity contribution is -0.309. The Morgan fingerprint density at radius 3 is 2.48 bits per heavy atom. The Morgan fingerprint density at radius 1 is 1.15 bits per heavy atom. The number of nitrogens with one attached hydrogen (secondary N) is 1. The van der Waals surface area contributed by atoms with Crippen LogP contribution in [0.1, 0.15) is 46.5 Å². The normalized spacial score (nSPS) is 15.2. The molecule has 6 heteroatoms. The first-order valence-electron chi connectivity index (χ1n) is 8.94. The lowest BCUT2D eigenvalue weighted by Crippen LogP contribution is -2.51. The van der Waals surface area contributed by atoms with Crippen molar-refractivity contribution >= 4 is 23.5 Å². The molecule has 0 spiro atoms. The van der Waals surface area contributed by atoms with Crippen LogP contribution in [0.3, 0.4) is 0 Å². The van der Waals surface area contributed by atoms with Crippen LogP contribution < -0.4 is 15.3 Å². The van der Waals surface area contributed by atoms with Crippen LogP contribution in [-0.2, 0) is 11.3 Å². The van der Waals surface area contributed by atoms with Crippen molar-refractivity contribution in [2.45, 2.75) is 32.9 Å². The number of fused-ring (bicyclic) bond motifs is 1. The molecule has 0 aromatic heterocycles. The minimum absolute atomic E-state index is 0.186. The molecule has 2 aromatic carbocycles. The van der Waals surface area contributed by atoms with E-state index in [0.717, 1.165) is 11.3 Å². The zero-order chi connectivity index (χ0) is 19.6. The van der Waals surface area contributed by atoms with Gasteiger partial charge in [-0.3, -0.25) is 9.59 Å². The Morgan fingerprint density at radius 2 is 1.85 bits per heavy atom. The van der Waals surface area contributed by atoms with Crippen molar-refractivity contribution in [3.63, 3.8) is 0 Å². The van der Waals surface area contributed by atoms with E-state index in [2.05, 4.69) is 5.32 Å². The Hall–Kier alpha value is -3.15. The Kier molecular flexibility index (Phi) is 5.26. The lowest BCUT2D eigenvalue weighted by atomic mass is 9.97. The van der Waals surface area contributed by atoms with E-state index in [-0.39, 0.29) is 17.4 Å². The monoisotopic (exact) mass is 365 g/mol. The van der Waals surface area contributed by atoms with Gasteiger partial charge < -0.3 is 20.1 Å². The first-order valence-corrected chi connectivity index (χ1v) is 8.94. The second kappa shape index (κ2) is 7.61. The molecular formula is C21H21N2O4-. The minimum atomic E-state index is -1.33. The van der Waals surface area contributed by atoms with E-state index in [1.165, 1.54) is 0 Å². The number of carbonyl (C=O) groups excluding carboxylic acids is 3. The van der Waals surface area contributed by atoms with Gasteiger partial charge in [0.05, 0.1) is 29.7 Å². The maximum Gasteiger partial charge on any atom is 0.259 e. The number of carbonyl (C=O) groups is 3. The summed E-state index contributed by atoms with van der Waals surface area (Å²) < 4.78 is 0. The molecule has 0 radical (unpaired) electrons. The van der Waals surface area contributed by atoms with E-state index < -0.39 is 17.9 Å². The summed E-state index contributed by atoms with van der Waals surface area (Å²) in [5, 5.41) is 13.9. The molecule has 1 heterocycles. The number of aliphatic carboxylic acids is 1. The van der Waals surface area contributed by atoms with E-state index >= 15 is 0 Å². The Balaban J connectivity index is 1.90. The summed E-state index contributed by atoms with van der Waals surface area (Å²) in [6, 6.07) is 13.2. The van der Waals surface area contributed by atoms with E-state index in [4.69, 9.17) is 0 Å². The van der Waals surface area contributed by atoms with Gasteiger partial charge in [0.2, 0.25) is 0 Å². The number of rotatable bonds is 6. The quantitative estimate of drug-likeness (QED) is 0.844. The molecule has 6 nitrogen and oxygen atoms in total. The van der Waals surface area contributed by atoms with Gasteiger partial charge in [0.25, 0.3) is 11.8 Å². The summed E-state index contributed by atoms with van der Waals surface area (Å²) in [4.78, 5) is 38.7. The van der Waals surface area contributed by atoms with Crippen LogP contribution in [0.4, 0.5) is 5.69 Å². The van der Waals surface area contributed by atoms with Gasteiger partial charge in [0.15, 0.2) is 0 Å². The van der Waals surface area contributed by atoms with Crippen molar-refractivity contribution in [1.29, 1.82) is 0 Å². The third-order valence-electron chi connectivity index (χ3n) is 5.00. The summed E-state index contributed by atoms with van der Waals surface area (Å²) in [5.41, 5.74) is 1.99. The smallest absolute Gasteiger partial charge is 0.259 e. The summed E-state index contributed by atoms with van der Waals surface area (Å²) in [5.74, 6) is -2.46. The second-order valence-corrected chi connectivity index (χ2v) is 6.72. The summed E-state index contributed by atoms with van der Waals surface area (Å²) in [6.45, 7) is 3.95. The number of carboxylic acid groups (broad SMARTS) is 1. The van der Waals surface area contributed by atoms with Crippen molar-refractivity contribution in [3.05, 3.63) is 65.2 Å². The Labute approximate surface area is 157 Å². The highest BCUT2D eigenvalue weighted by Gasteiger charge is 2.33. The lowest BCUT2D eigenvalue weighted by Gasteiger charge is -2.25. The van der Waals surface area contributed by atoms with Gasteiger partial charge in [-0.2, -0.15) is 0 Å². The highest BCUT2D eigenvalue weighted by Crippen LogP contribution is 2.30. The fourth-order valence-corrected chi connectivity index (χ4v) is 3.26. The molecule has 0 saturated carbocycles. The molecule has 2 aromatic rings. The third-order valence-corrected chi connectivity index (χ3v) is 5.00. The zero-order valence-electron chi connectivity index (χ0n) is 15.3. The SMILES string of the molecule is CC[C@@H](C)[C@H](NC(=O)c1cccc2c1C(=O)N(c1ccccc1)C2)C(=O)[O-]. The molecule has 2 atom stereocenters. The number of hydrogen-bond acceptors (Lipinski definition) is 4. The van der Waals surface area contributed by atoms with Crippen molar-refractivity contribution < 1.29 is 19.5 Å². The molecule has 0 bridgehead atoms. The highest BCUT2D eigenvalue weighted by atomic mass is 16.4. The fraction of sp³-hybridized carbons (Fsp3) is 0.286. The van der Waals surface area contributed by atoms with Crippen LogP contribution >= 0.6 is 0 Å². The van der Waals surface area contributed by atoms with Crippen molar-refractivity contribution in [2.75, 3.05) is 4.90 Å². The van der Waals surface area contributed by atoms with E-state index in [0.29, 0.717) is 18.5 Å². The van der Waals surface area contributed by atoms with Crippen molar-refractivity contribution in [1.82, 2.24) is 5.32 Å². The van der Waals surface area contributed by atoms with Gasteiger partial charge in [-0.15, -0.1) is 0 Å². The maximum absolute atomic E-state index is 12.9. The van der Waals surface area contributed by atoms with Crippen LogP contribution in [0.5, 0.6) is 0 Å². The number of benzene rings is 2. The largest absolute Gasteiger partial charge is 0.548 e. The maximum atomic E-state index is 12.9. The van der Waals surface area contributed by atoms with Gasteiger partial charge in [-0.25, -0.2) is 0 Å². The summed E-state index contributed by atoms with van der Waals surface area (Å²) >= 11 is 0.